The minimum absolute atomic E-state index is 0.0883. The zero-order chi connectivity index (χ0) is 17.4. The zero-order valence-electron chi connectivity index (χ0n) is 15.0. The van der Waals surface area contributed by atoms with Gasteiger partial charge in [0.2, 0.25) is 11.8 Å². The van der Waals surface area contributed by atoms with Crippen LogP contribution in [0.3, 0.4) is 0 Å². The van der Waals surface area contributed by atoms with Crippen molar-refractivity contribution in [3.05, 3.63) is 29.0 Å². The van der Waals surface area contributed by atoms with Crippen LogP contribution in [0.2, 0.25) is 0 Å². The van der Waals surface area contributed by atoms with Gasteiger partial charge in [0.15, 0.2) is 0 Å². The molecule has 0 radical (unpaired) electrons. The van der Waals surface area contributed by atoms with Gasteiger partial charge in [-0.2, -0.15) is 0 Å². The number of carbonyl (C=O) groups is 1. The molecule has 0 fully saturated rings. The molecule has 1 aliphatic heterocycles. The van der Waals surface area contributed by atoms with E-state index in [2.05, 4.69) is 40.8 Å². The lowest BCUT2D eigenvalue weighted by Gasteiger charge is -2.31. The van der Waals surface area contributed by atoms with Gasteiger partial charge in [-0.25, -0.2) is 4.98 Å². The number of aromatic nitrogens is 3. The van der Waals surface area contributed by atoms with Gasteiger partial charge in [-0.15, -0.1) is 0 Å². The van der Waals surface area contributed by atoms with Crippen molar-refractivity contribution in [2.24, 2.45) is 7.05 Å². The van der Waals surface area contributed by atoms with Gasteiger partial charge >= 0.3 is 0 Å². The van der Waals surface area contributed by atoms with Crippen molar-refractivity contribution < 1.29 is 9.32 Å². The number of nitrogens with zero attached hydrogens (tertiary/aromatic N) is 4. The van der Waals surface area contributed by atoms with Crippen LogP contribution in [0.5, 0.6) is 0 Å². The van der Waals surface area contributed by atoms with E-state index in [1.807, 2.05) is 13.8 Å². The maximum absolute atomic E-state index is 12.4. The summed E-state index contributed by atoms with van der Waals surface area (Å²) in [5.74, 6) is 1.80. The van der Waals surface area contributed by atoms with Crippen LogP contribution >= 0.6 is 0 Å². The predicted molar refractivity (Wildman–Crippen MR) is 90.7 cm³/mol. The monoisotopic (exact) mass is 331 g/mol. The molecule has 0 aromatic carbocycles. The van der Waals surface area contributed by atoms with Crippen LogP contribution in [0.25, 0.3) is 0 Å². The Bertz CT molecular complexity index is 746. The molecule has 2 aromatic heterocycles. The minimum Gasteiger partial charge on any atom is -0.338 e. The lowest BCUT2D eigenvalue weighted by atomic mass is 10.1. The summed E-state index contributed by atoms with van der Waals surface area (Å²) in [6.07, 6.45) is 0.907. The fraction of sp³-hybridized carbons (Fsp3) is 0.588. The third-order valence-electron chi connectivity index (χ3n) is 4.64. The topological polar surface area (TPSA) is 76.2 Å². The first-order valence-corrected chi connectivity index (χ1v) is 8.39. The van der Waals surface area contributed by atoms with E-state index in [1.54, 1.807) is 6.07 Å². The Hall–Kier alpha value is -2.15. The Kier molecular flexibility index (Phi) is 4.45. The van der Waals surface area contributed by atoms with Crippen LogP contribution in [0.1, 0.15) is 49.6 Å². The second kappa shape index (κ2) is 6.39. The van der Waals surface area contributed by atoms with Gasteiger partial charge in [0.1, 0.15) is 5.82 Å². The zero-order valence-corrected chi connectivity index (χ0v) is 15.0. The molecule has 7 heteroatoms. The third kappa shape index (κ3) is 3.08. The summed E-state index contributed by atoms with van der Waals surface area (Å²) in [6.45, 7) is 9.58. The highest BCUT2D eigenvalue weighted by Gasteiger charge is 2.29. The molecule has 0 bridgehead atoms. The van der Waals surface area contributed by atoms with Crippen LogP contribution in [-0.4, -0.2) is 38.1 Å². The molecule has 1 aliphatic rings. The molecular weight excluding hydrogens is 306 g/mol. The molecule has 3 heterocycles. The molecular formula is C17H25N5O2. The Labute approximate surface area is 142 Å². The molecule has 3 rings (SSSR count). The predicted octanol–water partition coefficient (Wildman–Crippen LogP) is 2.23. The second-order valence-electron chi connectivity index (χ2n) is 6.80. The number of imidazole rings is 1. The first-order valence-electron chi connectivity index (χ1n) is 8.39. The van der Waals surface area contributed by atoms with Gasteiger partial charge in [0, 0.05) is 44.2 Å². The molecule has 1 N–H and O–H groups in total. The highest BCUT2D eigenvalue weighted by atomic mass is 16.5. The van der Waals surface area contributed by atoms with E-state index >= 15 is 0 Å². The van der Waals surface area contributed by atoms with Crippen LogP contribution in [0.4, 0.5) is 5.88 Å². The standard InChI is InChI=1S/C17H25N5O2/c1-10(2)16-18-13-9-22(7-6-14(13)21(16)5)12(4)17(23)19-15-8-11(3)20-24-15/h8,10,12H,6-7,9H2,1-5H3,(H,19,23). The quantitative estimate of drug-likeness (QED) is 0.930. The highest BCUT2D eigenvalue weighted by molar-refractivity contribution is 5.93. The van der Waals surface area contributed by atoms with Crippen LogP contribution in [0, 0.1) is 6.92 Å². The molecule has 130 valence electrons. The second-order valence-corrected chi connectivity index (χ2v) is 6.80. The summed E-state index contributed by atoms with van der Waals surface area (Å²) in [7, 11) is 2.08. The van der Waals surface area contributed by atoms with Gasteiger partial charge in [-0.3, -0.25) is 15.0 Å². The summed E-state index contributed by atoms with van der Waals surface area (Å²) in [5, 5.41) is 6.57. The number of anilines is 1. The summed E-state index contributed by atoms with van der Waals surface area (Å²) >= 11 is 0. The molecule has 2 aromatic rings. The van der Waals surface area contributed by atoms with Crippen LogP contribution < -0.4 is 5.32 Å². The number of hydrogen-bond acceptors (Lipinski definition) is 5. The Morgan fingerprint density at radius 2 is 2.12 bits per heavy atom. The number of carbonyl (C=O) groups excluding carboxylic acids is 1. The lowest BCUT2D eigenvalue weighted by molar-refractivity contribution is -0.121. The lowest BCUT2D eigenvalue weighted by Crippen LogP contribution is -2.44. The number of aryl methyl sites for hydroxylation is 1. The normalized spacial score (nSPS) is 16.2. The van der Waals surface area contributed by atoms with Crippen molar-refractivity contribution in [1.82, 2.24) is 19.6 Å². The van der Waals surface area contributed by atoms with Crippen LogP contribution in [-0.2, 0) is 24.8 Å². The maximum atomic E-state index is 12.4. The summed E-state index contributed by atoms with van der Waals surface area (Å²) in [5.41, 5.74) is 3.12. The summed E-state index contributed by atoms with van der Waals surface area (Å²) in [4.78, 5) is 19.4. The van der Waals surface area contributed by atoms with Gasteiger partial charge in [0.25, 0.3) is 0 Å². The van der Waals surface area contributed by atoms with E-state index in [0.717, 1.165) is 30.2 Å². The first kappa shape index (κ1) is 16.7. The largest absolute Gasteiger partial charge is 0.338 e. The van der Waals surface area contributed by atoms with Gasteiger partial charge in [-0.1, -0.05) is 19.0 Å². The Morgan fingerprint density at radius 1 is 1.38 bits per heavy atom. The number of rotatable bonds is 4. The maximum Gasteiger partial charge on any atom is 0.243 e. The smallest absolute Gasteiger partial charge is 0.243 e. The highest BCUT2D eigenvalue weighted by Crippen LogP contribution is 2.24. The van der Waals surface area contributed by atoms with Crippen molar-refractivity contribution in [2.75, 3.05) is 11.9 Å². The molecule has 1 amide bonds. The molecule has 1 atom stereocenters. The molecule has 1 unspecified atom stereocenters. The van der Waals surface area contributed by atoms with E-state index in [0.29, 0.717) is 18.3 Å². The van der Waals surface area contributed by atoms with Crippen molar-refractivity contribution in [3.63, 3.8) is 0 Å². The minimum atomic E-state index is -0.256. The van der Waals surface area contributed by atoms with Gasteiger partial charge in [-0.05, 0) is 13.8 Å². The fourth-order valence-electron chi connectivity index (χ4n) is 3.23. The Balaban J connectivity index is 1.70. The fourth-order valence-corrected chi connectivity index (χ4v) is 3.23. The van der Waals surface area contributed by atoms with Gasteiger partial charge < -0.3 is 9.09 Å². The van der Waals surface area contributed by atoms with E-state index in [-0.39, 0.29) is 11.9 Å². The van der Waals surface area contributed by atoms with Crippen LogP contribution in [0.15, 0.2) is 10.6 Å². The average Bonchev–Trinajstić information content (AvgIpc) is 3.09. The third-order valence-corrected chi connectivity index (χ3v) is 4.64. The van der Waals surface area contributed by atoms with Gasteiger partial charge in [0.05, 0.1) is 17.4 Å². The van der Waals surface area contributed by atoms with Crippen molar-refractivity contribution >= 4 is 11.8 Å². The summed E-state index contributed by atoms with van der Waals surface area (Å²) in [6, 6.07) is 1.46. The van der Waals surface area contributed by atoms with E-state index in [9.17, 15) is 4.79 Å². The van der Waals surface area contributed by atoms with Crippen molar-refractivity contribution in [3.8, 4) is 0 Å². The molecule has 0 saturated heterocycles. The molecule has 0 spiro atoms. The van der Waals surface area contributed by atoms with E-state index in [4.69, 9.17) is 9.51 Å². The van der Waals surface area contributed by atoms with E-state index in [1.165, 1.54) is 5.69 Å². The number of nitrogens with one attached hydrogen (secondary N) is 1. The Morgan fingerprint density at radius 3 is 2.75 bits per heavy atom. The van der Waals surface area contributed by atoms with Crippen molar-refractivity contribution in [1.29, 1.82) is 0 Å². The molecule has 0 saturated carbocycles. The molecule has 7 nitrogen and oxygen atoms in total. The number of hydrogen-bond donors (Lipinski definition) is 1. The molecule has 0 aliphatic carbocycles. The number of fused-ring (bicyclic) bond motifs is 1. The first-order chi connectivity index (χ1) is 11.4. The average molecular weight is 331 g/mol. The SMILES string of the molecule is Cc1cc(NC(=O)C(C)N2CCc3c(nc(C(C)C)n3C)C2)on1. The van der Waals surface area contributed by atoms with Crippen molar-refractivity contribution in [2.45, 2.75) is 52.6 Å². The number of amides is 1. The summed E-state index contributed by atoms with van der Waals surface area (Å²) < 4.78 is 7.27. The van der Waals surface area contributed by atoms with E-state index < -0.39 is 0 Å². The molecule has 24 heavy (non-hydrogen) atoms.